The number of benzene rings is 2. The van der Waals surface area contributed by atoms with Gasteiger partial charge in [0.25, 0.3) is 0 Å². The SMILES string of the molecule is CCCCCC1CCC(c2ccc(OC(F)(F)c3ccc(F)cc3)cc2)CC1. The van der Waals surface area contributed by atoms with E-state index in [9.17, 15) is 13.2 Å². The van der Waals surface area contributed by atoms with Crippen molar-refractivity contribution < 1.29 is 17.9 Å². The van der Waals surface area contributed by atoms with Gasteiger partial charge < -0.3 is 4.74 Å². The molecule has 152 valence electrons. The molecule has 1 nitrogen and oxygen atoms in total. The molecule has 0 aromatic heterocycles. The molecule has 3 rings (SSSR count). The average molecular weight is 390 g/mol. The summed E-state index contributed by atoms with van der Waals surface area (Å²) in [6.07, 6.45) is 6.63. The Hall–Kier alpha value is -1.97. The van der Waals surface area contributed by atoms with Gasteiger partial charge in [-0.3, -0.25) is 0 Å². The molecule has 0 atom stereocenters. The second-order valence-corrected chi connectivity index (χ2v) is 7.91. The highest BCUT2D eigenvalue weighted by Gasteiger charge is 2.34. The number of rotatable bonds is 8. The van der Waals surface area contributed by atoms with Gasteiger partial charge in [-0.15, -0.1) is 0 Å². The van der Waals surface area contributed by atoms with Crippen molar-refractivity contribution in [2.45, 2.75) is 70.3 Å². The summed E-state index contributed by atoms with van der Waals surface area (Å²) < 4.78 is 46.3. The van der Waals surface area contributed by atoms with E-state index in [4.69, 9.17) is 4.74 Å². The topological polar surface area (TPSA) is 9.23 Å². The predicted molar refractivity (Wildman–Crippen MR) is 106 cm³/mol. The minimum absolute atomic E-state index is 0.117. The fourth-order valence-electron chi connectivity index (χ4n) is 4.13. The molecule has 1 aliphatic rings. The third kappa shape index (κ3) is 5.52. The normalized spacial score (nSPS) is 20.1. The highest BCUT2D eigenvalue weighted by molar-refractivity contribution is 5.31. The first-order valence-electron chi connectivity index (χ1n) is 10.4. The predicted octanol–water partition coefficient (Wildman–Crippen LogP) is 7.81. The Morgan fingerprint density at radius 2 is 1.54 bits per heavy atom. The smallest absolute Gasteiger partial charge is 0.426 e. The van der Waals surface area contributed by atoms with Gasteiger partial charge in [-0.2, -0.15) is 8.78 Å². The zero-order valence-corrected chi connectivity index (χ0v) is 16.5. The quantitative estimate of drug-likeness (QED) is 0.418. The van der Waals surface area contributed by atoms with Crippen LogP contribution in [0.25, 0.3) is 0 Å². The molecule has 0 heterocycles. The van der Waals surface area contributed by atoms with Gasteiger partial charge in [0, 0.05) is 0 Å². The maximum absolute atomic E-state index is 14.3. The molecule has 0 saturated heterocycles. The van der Waals surface area contributed by atoms with Crippen LogP contribution in [0.2, 0.25) is 0 Å². The fraction of sp³-hybridized carbons (Fsp3) is 0.500. The van der Waals surface area contributed by atoms with Crippen molar-refractivity contribution in [3.63, 3.8) is 0 Å². The van der Waals surface area contributed by atoms with Gasteiger partial charge in [-0.25, -0.2) is 4.39 Å². The summed E-state index contributed by atoms with van der Waals surface area (Å²) in [6, 6.07) is 11.1. The molecule has 0 radical (unpaired) electrons. The Bertz CT molecular complexity index is 717. The molecular formula is C24H29F3O. The standard InChI is InChI=1S/C24H29F3O/c1-2-3-4-5-18-6-8-19(9-7-18)20-10-16-23(17-11-20)28-24(26,27)21-12-14-22(25)15-13-21/h10-19H,2-9H2,1H3. The molecule has 0 amide bonds. The van der Waals surface area contributed by atoms with Gasteiger partial charge in [0.05, 0.1) is 5.56 Å². The van der Waals surface area contributed by atoms with E-state index in [0.29, 0.717) is 5.92 Å². The largest absolute Gasteiger partial charge is 0.429 e. The molecule has 28 heavy (non-hydrogen) atoms. The molecule has 0 unspecified atom stereocenters. The fourth-order valence-corrected chi connectivity index (χ4v) is 4.13. The molecule has 0 aliphatic heterocycles. The van der Waals surface area contributed by atoms with E-state index < -0.39 is 11.9 Å². The maximum Gasteiger partial charge on any atom is 0.426 e. The van der Waals surface area contributed by atoms with Crippen LogP contribution >= 0.6 is 0 Å². The number of hydrogen-bond donors (Lipinski definition) is 0. The molecular weight excluding hydrogens is 361 g/mol. The van der Waals surface area contributed by atoms with Crippen LogP contribution in [0.1, 0.15) is 75.3 Å². The van der Waals surface area contributed by atoms with E-state index in [-0.39, 0.29) is 11.3 Å². The van der Waals surface area contributed by atoms with Gasteiger partial charge in [-0.05, 0) is 79.5 Å². The van der Waals surface area contributed by atoms with Gasteiger partial charge in [0.1, 0.15) is 11.6 Å². The van der Waals surface area contributed by atoms with Crippen LogP contribution in [0, 0.1) is 11.7 Å². The van der Waals surface area contributed by atoms with Crippen molar-refractivity contribution in [3.05, 3.63) is 65.5 Å². The maximum atomic E-state index is 14.3. The third-order valence-electron chi connectivity index (χ3n) is 5.84. The molecule has 1 aliphatic carbocycles. The van der Waals surface area contributed by atoms with Crippen molar-refractivity contribution in [1.82, 2.24) is 0 Å². The Balaban J connectivity index is 1.54. The van der Waals surface area contributed by atoms with Crippen molar-refractivity contribution in [2.24, 2.45) is 5.92 Å². The molecule has 1 saturated carbocycles. The summed E-state index contributed by atoms with van der Waals surface area (Å²) in [5, 5.41) is 0. The average Bonchev–Trinajstić information content (AvgIpc) is 2.69. The van der Waals surface area contributed by atoms with E-state index in [2.05, 4.69) is 6.92 Å². The second kappa shape index (κ2) is 9.49. The highest BCUT2D eigenvalue weighted by Crippen LogP contribution is 2.39. The van der Waals surface area contributed by atoms with E-state index in [1.807, 2.05) is 12.1 Å². The van der Waals surface area contributed by atoms with Crippen LogP contribution in [0.3, 0.4) is 0 Å². The van der Waals surface area contributed by atoms with Crippen molar-refractivity contribution in [2.75, 3.05) is 0 Å². The summed E-state index contributed by atoms with van der Waals surface area (Å²) in [5.74, 6) is 0.921. The van der Waals surface area contributed by atoms with E-state index >= 15 is 0 Å². The molecule has 2 aromatic carbocycles. The first-order chi connectivity index (χ1) is 13.5. The van der Waals surface area contributed by atoms with Gasteiger partial charge in [0.2, 0.25) is 0 Å². The number of alkyl halides is 2. The minimum atomic E-state index is -3.49. The van der Waals surface area contributed by atoms with E-state index in [0.717, 1.165) is 30.2 Å². The summed E-state index contributed by atoms with van der Waals surface area (Å²) in [7, 11) is 0. The number of hydrogen-bond acceptors (Lipinski definition) is 1. The zero-order valence-electron chi connectivity index (χ0n) is 16.5. The number of halogens is 3. The van der Waals surface area contributed by atoms with Gasteiger partial charge in [-0.1, -0.05) is 44.7 Å². The lowest BCUT2D eigenvalue weighted by atomic mass is 9.77. The van der Waals surface area contributed by atoms with Crippen LogP contribution < -0.4 is 4.74 Å². The van der Waals surface area contributed by atoms with Gasteiger partial charge in [0.15, 0.2) is 0 Å². The Morgan fingerprint density at radius 1 is 0.893 bits per heavy atom. The van der Waals surface area contributed by atoms with Crippen molar-refractivity contribution >= 4 is 0 Å². The van der Waals surface area contributed by atoms with Crippen LogP contribution in [0.4, 0.5) is 13.2 Å². The molecule has 4 heteroatoms. The van der Waals surface area contributed by atoms with Crippen LogP contribution in [0.15, 0.2) is 48.5 Å². The Labute approximate surface area is 165 Å². The number of unbranched alkanes of at least 4 members (excludes halogenated alkanes) is 2. The third-order valence-corrected chi connectivity index (χ3v) is 5.84. The first-order valence-corrected chi connectivity index (χ1v) is 10.4. The molecule has 2 aromatic rings. The summed E-state index contributed by atoms with van der Waals surface area (Å²) >= 11 is 0. The van der Waals surface area contributed by atoms with Crippen molar-refractivity contribution in [3.8, 4) is 5.75 Å². The molecule has 0 bridgehead atoms. The Kier molecular flexibility index (Phi) is 7.03. The lowest BCUT2D eigenvalue weighted by Crippen LogP contribution is -2.21. The molecule has 0 N–H and O–H groups in total. The summed E-state index contributed by atoms with van der Waals surface area (Å²) in [6.45, 7) is 2.24. The van der Waals surface area contributed by atoms with Crippen LogP contribution in [0.5, 0.6) is 5.75 Å². The van der Waals surface area contributed by atoms with Crippen LogP contribution in [-0.2, 0) is 6.11 Å². The monoisotopic (exact) mass is 390 g/mol. The van der Waals surface area contributed by atoms with Crippen LogP contribution in [-0.4, -0.2) is 0 Å². The first kappa shape index (κ1) is 20.8. The lowest BCUT2D eigenvalue weighted by molar-refractivity contribution is -0.185. The zero-order chi connectivity index (χ0) is 20.0. The minimum Gasteiger partial charge on any atom is -0.429 e. The highest BCUT2D eigenvalue weighted by atomic mass is 19.3. The van der Waals surface area contributed by atoms with E-state index in [1.54, 1.807) is 12.1 Å². The van der Waals surface area contributed by atoms with Crippen molar-refractivity contribution in [1.29, 1.82) is 0 Å². The van der Waals surface area contributed by atoms with Gasteiger partial charge >= 0.3 is 6.11 Å². The number of ether oxygens (including phenoxy) is 1. The second-order valence-electron chi connectivity index (χ2n) is 7.91. The summed E-state index contributed by atoms with van der Waals surface area (Å²) in [5.41, 5.74) is 0.837. The Morgan fingerprint density at radius 3 is 2.14 bits per heavy atom. The van der Waals surface area contributed by atoms with E-state index in [1.165, 1.54) is 56.9 Å². The summed E-state index contributed by atoms with van der Waals surface area (Å²) in [4.78, 5) is 0. The molecule has 0 spiro atoms. The molecule has 1 fully saturated rings. The lowest BCUT2D eigenvalue weighted by Gasteiger charge is -2.29.